The second-order valence-electron chi connectivity index (χ2n) is 13.4. The molecular weight excluding hydrogens is 777 g/mol. The molecule has 0 radical (unpaired) electrons. The zero-order chi connectivity index (χ0) is 40.4. The predicted molar refractivity (Wildman–Crippen MR) is 227 cm³/mol. The predicted octanol–water partition coefficient (Wildman–Crippen LogP) is 7.98. The first-order valence-electron chi connectivity index (χ1n) is 18.1. The van der Waals surface area contributed by atoms with Gasteiger partial charge in [0.1, 0.15) is 11.5 Å². The zero-order valence-corrected chi connectivity index (χ0v) is 33.7. The summed E-state index contributed by atoms with van der Waals surface area (Å²) in [5.74, 6) is 2.09. The molecule has 0 spiro atoms. The Bertz CT molecular complexity index is 2270. The van der Waals surface area contributed by atoms with Gasteiger partial charge in [-0.2, -0.15) is 0 Å². The van der Waals surface area contributed by atoms with Crippen LogP contribution in [0.1, 0.15) is 65.1 Å². The van der Waals surface area contributed by atoms with E-state index in [1.54, 1.807) is 65.4 Å². The number of anilines is 2. The number of rotatable bonds is 13. The minimum Gasteiger partial charge on any atom is -0.497 e. The average molecular weight is 825 g/mol. The van der Waals surface area contributed by atoms with Gasteiger partial charge in [0.2, 0.25) is 17.7 Å². The summed E-state index contributed by atoms with van der Waals surface area (Å²) in [6.45, 7) is 0. The van der Waals surface area contributed by atoms with Crippen LogP contribution in [-0.2, 0) is 33.3 Å². The number of nitrogen functional groups attached to an aromatic ring is 1. The van der Waals surface area contributed by atoms with Gasteiger partial charge in [0, 0.05) is 58.5 Å². The molecule has 1 amide bonds. The molecule has 304 valence electrons. The van der Waals surface area contributed by atoms with Gasteiger partial charge in [0.15, 0.2) is 10.3 Å². The Morgan fingerprint density at radius 1 is 0.672 bits per heavy atom. The number of methoxy groups -OCH3 is 4. The standard InChI is InChI=1S/C21H21N3O3S.C11H12O3.C10H11N3OS.CH4/c1-26-16-7-5-15(6-8-16)21(9-10-21)19(25)24-20-23-13-17(28-20)12-14-4-3-11-22-18(14)27-2;1-14-9-4-2-8(3-5-9)11(6-7-11)10(12)13;1-14-9-7(3-2-4-12-9)5-8-6-13-10(11)15-8;/h3-8,11,13H,9-10,12H2,1-2H3,(H,23,24,25);2-5H,6-7H2,1H3,(H,12,13);2-4,6H,5H2,1H3,(H2,11,13);1H4. The zero-order valence-electron chi connectivity index (χ0n) is 32.1. The summed E-state index contributed by atoms with van der Waals surface area (Å²) >= 11 is 2.96. The van der Waals surface area contributed by atoms with Crippen molar-refractivity contribution in [2.45, 2.75) is 56.8 Å². The third-order valence-corrected chi connectivity index (χ3v) is 11.5. The molecule has 58 heavy (non-hydrogen) atoms. The number of thiazole rings is 2. The lowest BCUT2D eigenvalue weighted by Gasteiger charge is -2.15. The van der Waals surface area contributed by atoms with Crippen LogP contribution in [0.5, 0.6) is 23.3 Å². The third-order valence-electron chi connectivity index (χ3n) is 9.79. The monoisotopic (exact) mass is 824 g/mol. The quantitative estimate of drug-likeness (QED) is 0.102. The van der Waals surface area contributed by atoms with E-state index in [9.17, 15) is 9.59 Å². The summed E-state index contributed by atoms with van der Waals surface area (Å²) in [4.78, 5) is 42.8. The Kier molecular flexibility index (Phi) is 14.4. The number of aliphatic carboxylic acids is 1. The normalized spacial score (nSPS) is 13.8. The topological polar surface area (TPSA) is 181 Å². The number of hydrogen-bond acceptors (Lipinski definition) is 13. The van der Waals surface area contributed by atoms with Gasteiger partial charge in [-0.1, -0.05) is 43.8 Å². The van der Waals surface area contributed by atoms with Crippen molar-refractivity contribution in [3.63, 3.8) is 0 Å². The number of pyridine rings is 2. The van der Waals surface area contributed by atoms with Crippen molar-refractivity contribution >= 4 is 44.8 Å². The molecule has 2 aromatic carbocycles. The molecule has 2 saturated carbocycles. The van der Waals surface area contributed by atoms with E-state index in [2.05, 4.69) is 25.3 Å². The van der Waals surface area contributed by atoms with Crippen LogP contribution < -0.4 is 30.0 Å². The van der Waals surface area contributed by atoms with Crippen molar-refractivity contribution in [3.8, 4) is 23.3 Å². The lowest BCUT2D eigenvalue weighted by atomic mass is 9.95. The molecule has 8 rings (SSSR count). The molecule has 0 atom stereocenters. The summed E-state index contributed by atoms with van der Waals surface area (Å²) in [5.41, 5.74) is 8.44. The first-order chi connectivity index (χ1) is 27.6. The van der Waals surface area contributed by atoms with E-state index in [1.807, 2.05) is 60.7 Å². The second-order valence-corrected chi connectivity index (χ2v) is 15.6. The van der Waals surface area contributed by atoms with E-state index in [1.165, 1.54) is 22.7 Å². The minimum absolute atomic E-state index is 0. The number of amides is 1. The number of carbonyl (C=O) groups excluding carboxylic acids is 1. The molecule has 0 bridgehead atoms. The Morgan fingerprint density at radius 2 is 1.14 bits per heavy atom. The molecule has 6 aromatic rings. The van der Waals surface area contributed by atoms with E-state index in [0.29, 0.717) is 28.4 Å². The number of nitrogens with zero attached hydrogens (tertiary/aromatic N) is 4. The van der Waals surface area contributed by atoms with Crippen LogP contribution in [0.15, 0.2) is 97.6 Å². The van der Waals surface area contributed by atoms with Crippen molar-refractivity contribution < 1.29 is 33.6 Å². The minimum atomic E-state index is -0.720. The maximum Gasteiger partial charge on any atom is 0.314 e. The third kappa shape index (κ3) is 10.3. The first kappa shape index (κ1) is 43.1. The number of hydrogen-bond donors (Lipinski definition) is 3. The molecule has 2 aliphatic carbocycles. The fraction of sp³-hybridized carbons (Fsp3) is 0.302. The summed E-state index contributed by atoms with van der Waals surface area (Å²) in [7, 11) is 6.46. The number of ether oxygens (including phenoxy) is 4. The van der Waals surface area contributed by atoms with Crippen LogP contribution in [0.2, 0.25) is 0 Å². The summed E-state index contributed by atoms with van der Waals surface area (Å²) < 4.78 is 20.7. The summed E-state index contributed by atoms with van der Waals surface area (Å²) in [5, 5.41) is 13.3. The second kappa shape index (κ2) is 19.4. The van der Waals surface area contributed by atoms with E-state index in [-0.39, 0.29) is 13.3 Å². The number of nitrogens with one attached hydrogen (secondary N) is 1. The van der Waals surface area contributed by atoms with E-state index in [0.717, 1.165) is 75.6 Å². The first-order valence-corrected chi connectivity index (χ1v) is 19.7. The molecule has 0 unspecified atom stereocenters. The lowest BCUT2D eigenvalue weighted by molar-refractivity contribution is -0.140. The number of carboxylic acid groups (broad SMARTS) is 1. The van der Waals surface area contributed by atoms with Gasteiger partial charge in [-0.25, -0.2) is 19.9 Å². The van der Waals surface area contributed by atoms with Gasteiger partial charge in [-0.05, 0) is 73.2 Å². The molecule has 0 aliphatic heterocycles. The van der Waals surface area contributed by atoms with Gasteiger partial charge in [0.05, 0.1) is 39.3 Å². The van der Waals surface area contributed by atoms with Crippen LogP contribution in [-0.4, -0.2) is 65.4 Å². The van der Waals surface area contributed by atoms with Crippen LogP contribution in [0.25, 0.3) is 0 Å². The van der Waals surface area contributed by atoms with Crippen LogP contribution in [0.3, 0.4) is 0 Å². The number of benzene rings is 2. The largest absolute Gasteiger partial charge is 0.497 e. The highest BCUT2D eigenvalue weighted by atomic mass is 32.1. The Morgan fingerprint density at radius 3 is 1.55 bits per heavy atom. The summed E-state index contributed by atoms with van der Waals surface area (Å²) in [6, 6.07) is 22.7. The Balaban J connectivity index is 0.000000180. The van der Waals surface area contributed by atoms with Crippen molar-refractivity contribution in [3.05, 3.63) is 130 Å². The molecule has 2 aliphatic rings. The van der Waals surface area contributed by atoms with E-state index in [4.69, 9.17) is 29.8 Å². The van der Waals surface area contributed by atoms with Gasteiger partial charge >= 0.3 is 5.97 Å². The fourth-order valence-electron chi connectivity index (χ4n) is 6.27. The maximum absolute atomic E-state index is 12.9. The van der Waals surface area contributed by atoms with Crippen LogP contribution in [0.4, 0.5) is 10.3 Å². The smallest absolute Gasteiger partial charge is 0.314 e. The van der Waals surface area contributed by atoms with E-state index >= 15 is 0 Å². The highest BCUT2D eigenvalue weighted by Gasteiger charge is 2.52. The number of nitrogens with two attached hydrogens (primary N) is 1. The van der Waals surface area contributed by atoms with Gasteiger partial charge in [-0.3, -0.25) is 9.59 Å². The van der Waals surface area contributed by atoms with Crippen molar-refractivity contribution in [2.24, 2.45) is 0 Å². The Labute approximate surface area is 346 Å². The van der Waals surface area contributed by atoms with E-state index < -0.39 is 16.8 Å². The van der Waals surface area contributed by atoms with Crippen molar-refractivity contribution in [1.82, 2.24) is 19.9 Å². The van der Waals surface area contributed by atoms with Crippen molar-refractivity contribution in [2.75, 3.05) is 39.5 Å². The highest BCUT2D eigenvalue weighted by Crippen LogP contribution is 2.50. The SMILES string of the molecule is C.COc1ccc(C2(C(=O)Nc3ncc(Cc4cccnc4OC)s3)CC2)cc1.COc1ccc(C2(C(=O)O)CC2)cc1.COc1ncccc1Cc1cnc(N)s1. The fourth-order valence-corrected chi connectivity index (χ4v) is 7.81. The maximum atomic E-state index is 12.9. The van der Waals surface area contributed by atoms with Gasteiger partial charge in [-0.15, -0.1) is 22.7 Å². The molecule has 15 heteroatoms. The molecule has 0 saturated heterocycles. The molecular formula is C43H48N6O7S2. The summed E-state index contributed by atoms with van der Waals surface area (Å²) in [6.07, 6.45) is 11.6. The van der Waals surface area contributed by atoms with Gasteiger partial charge < -0.3 is 35.1 Å². The number of carbonyl (C=O) groups is 2. The molecule has 2 fully saturated rings. The van der Waals surface area contributed by atoms with Gasteiger partial charge in [0.25, 0.3) is 0 Å². The Hall–Kier alpha value is -6.06. The molecule has 13 nitrogen and oxygen atoms in total. The molecule has 4 N–H and O–H groups in total. The molecule has 4 heterocycles. The lowest BCUT2D eigenvalue weighted by Crippen LogP contribution is -2.27. The molecule has 4 aromatic heterocycles. The number of aromatic nitrogens is 4. The van der Waals surface area contributed by atoms with Crippen LogP contribution >= 0.6 is 22.7 Å². The van der Waals surface area contributed by atoms with Crippen LogP contribution in [0, 0.1) is 0 Å². The average Bonchev–Trinajstić information content (AvgIpc) is 4.16. The highest BCUT2D eigenvalue weighted by molar-refractivity contribution is 7.15. The van der Waals surface area contributed by atoms with Crippen molar-refractivity contribution in [1.29, 1.82) is 0 Å². The number of carboxylic acids is 1.